The number of halogens is 1. The third kappa shape index (κ3) is 5.57. The molecule has 0 aromatic carbocycles. The summed E-state index contributed by atoms with van der Waals surface area (Å²) in [5, 5.41) is 3.51. The Hall–Kier alpha value is -1.14. The number of carbonyl (C=O) groups is 1. The minimum atomic E-state index is -0.444. The Morgan fingerprint density at radius 3 is 3.00 bits per heavy atom. The van der Waals surface area contributed by atoms with Crippen LogP contribution in [0, 0.1) is 0 Å². The Morgan fingerprint density at radius 2 is 2.32 bits per heavy atom. The lowest BCUT2D eigenvalue weighted by atomic mass is 10.1. The molecule has 1 N–H and O–H groups in total. The van der Waals surface area contributed by atoms with E-state index in [1.807, 2.05) is 32.9 Å². The Labute approximate surface area is 140 Å². The van der Waals surface area contributed by atoms with Gasteiger partial charge in [0.05, 0.1) is 0 Å². The zero-order chi connectivity index (χ0) is 16.2. The molecule has 5 nitrogen and oxygen atoms in total. The third-order valence-corrected chi connectivity index (χ3v) is 3.89. The molecule has 1 fully saturated rings. The van der Waals surface area contributed by atoms with Crippen LogP contribution >= 0.6 is 15.9 Å². The number of amides is 1. The molecular formula is C16H24BrN3O2. The van der Waals surface area contributed by atoms with Crippen LogP contribution in [0.3, 0.4) is 0 Å². The molecule has 6 heteroatoms. The first-order chi connectivity index (χ1) is 10.3. The van der Waals surface area contributed by atoms with E-state index in [0.717, 1.165) is 30.5 Å². The number of nitrogens with zero attached hydrogens (tertiary/aromatic N) is 2. The predicted molar refractivity (Wildman–Crippen MR) is 89.6 cm³/mol. The van der Waals surface area contributed by atoms with Crippen LogP contribution in [0.4, 0.5) is 4.79 Å². The van der Waals surface area contributed by atoms with Crippen molar-refractivity contribution in [3.05, 3.63) is 28.5 Å². The Kier molecular flexibility index (Phi) is 5.81. The highest BCUT2D eigenvalue weighted by molar-refractivity contribution is 9.10. The van der Waals surface area contributed by atoms with Crippen LogP contribution in [0.15, 0.2) is 22.9 Å². The van der Waals surface area contributed by atoms with E-state index in [1.165, 1.54) is 5.56 Å². The molecule has 1 amide bonds. The van der Waals surface area contributed by atoms with Gasteiger partial charge in [0.15, 0.2) is 0 Å². The SMILES string of the molecule is CC(C)(C)OC(=O)N1CCC[C@H](NCc2ccnc(Br)c2)C1. The summed E-state index contributed by atoms with van der Waals surface area (Å²) < 4.78 is 6.29. The molecule has 0 aliphatic carbocycles. The van der Waals surface area contributed by atoms with Crippen molar-refractivity contribution in [1.29, 1.82) is 0 Å². The molecule has 2 rings (SSSR count). The van der Waals surface area contributed by atoms with Gasteiger partial charge in [-0.15, -0.1) is 0 Å². The van der Waals surface area contributed by atoms with Crippen LogP contribution in [0.2, 0.25) is 0 Å². The van der Waals surface area contributed by atoms with Crippen LogP contribution in [0.1, 0.15) is 39.2 Å². The number of pyridine rings is 1. The van der Waals surface area contributed by atoms with Gasteiger partial charge in [-0.2, -0.15) is 0 Å². The lowest BCUT2D eigenvalue weighted by Gasteiger charge is -2.34. The summed E-state index contributed by atoms with van der Waals surface area (Å²) in [6.07, 6.45) is 3.64. The van der Waals surface area contributed by atoms with Crippen molar-refractivity contribution in [2.24, 2.45) is 0 Å². The summed E-state index contributed by atoms with van der Waals surface area (Å²) in [6.45, 7) is 7.92. The summed E-state index contributed by atoms with van der Waals surface area (Å²) in [4.78, 5) is 18.1. The summed E-state index contributed by atoms with van der Waals surface area (Å²) >= 11 is 3.38. The van der Waals surface area contributed by atoms with Crippen molar-refractivity contribution in [2.45, 2.75) is 51.8 Å². The molecule has 0 unspecified atom stereocenters. The summed E-state index contributed by atoms with van der Waals surface area (Å²) in [5.74, 6) is 0. The highest BCUT2D eigenvalue weighted by atomic mass is 79.9. The van der Waals surface area contributed by atoms with Gasteiger partial charge in [-0.25, -0.2) is 9.78 Å². The first-order valence-electron chi connectivity index (χ1n) is 7.65. The first-order valence-corrected chi connectivity index (χ1v) is 8.44. The van der Waals surface area contributed by atoms with Gasteiger partial charge in [0.1, 0.15) is 10.2 Å². The van der Waals surface area contributed by atoms with Gasteiger partial charge in [0.2, 0.25) is 0 Å². The topological polar surface area (TPSA) is 54.5 Å². The normalized spacial score (nSPS) is 19.1. The fourth-order valence-electron chi connectivity index (χ4n) is 2.45. The molecule has 0 radical (unpaired) electrons. The molecule has 1 aromatic rings. The van der Waals surface area contributed by atoms with Crippen LogP contribution in [0.25, 0.3) is 0 Å². The van der Waals surface area contributed by atoms with Gasteiger partial charge in [0, 0.05) is 31.9 Å². The lowest BCUT2D eigenvalue weighted by Crippen LogP contribution is -2.49. The molecule has 0 saturated carbocycles. The first kappa shape index (κ1) is 17.2. The van der Waals surface area contributed by atoms with Crippen molar-refractivity contribution >= 4 is 22.0 Å². The number of piperidine rings is 1. The van der Waals surface area contributed by atoms with Gasteiger partial charge < -0.3 is 15.0 Å². The van der Waals surface area contributed by atoms with E-state index in [4.69, 9.17) is 4.74 Å². The third-order valence-electron chi connectivity index (χ3n) is 3.46. The van der Waals surface area contributed by atoms with Crippen molar-refractivity contribution in [3.8, 4) is 0 Å². The van der Waals surface area contributed by atoms with Crippen molar-refractivity contribution < 1.29 is 9.53 Å². The van der Waals surface area contributed by atoms with E-state index in [0.29, 0.717) is 12.6 Å². The molecule has 1 aliphatic heterocycles. The zero-order valence-electron chi connectivity index (χ0n) is 13.4. The highest BCUT2D eigenvalue weighted by Crippen LogP contribution is 2.16. The van der Waals surface area contributed by atoms with E-state index in [9.17, 15) is 4.79 Å². The second-order valence-corrected chi connectivity index (χ2v) is 7.45. The number of hydrogen-bond acceptors (Lipinski definition) is 4. The van der Waals surface area contributed by atoms with Crippen molar-refractivity contribution in [3.63, 3.8) is 0 Å². The Morgan fingerprint density at radius 1 is 1.55 bits per heavy atom. The van der Waals surface area contributed by atoms with Crippen LogP contribution in [-0.2, 0) is 11.3 Å². The van der Waals surface area contributed by atoms with Crippen LogP contribution in [-0.4, -0.2) is 40.7 Å². The largest absolute Gasteiger partial charge is 0.444 e. The molecule has 1 atom stereocenters. The number of aromatic nitrogens is 1. The minimum Gasteiger partial charge on any atom is -0.444 e. The Bertz CT molecular complexity index is 516. The molecule has 2 heterocycles. The average molecular weight is 370 g/mol. The monoisotopic (exact) mass is 369 g/mol. The average Bonchev–Trinajstić information content (AvgIpc) is 2.44. The molecular weight excluding hydrogens is 346 g/mol. The predicted octanol–water partition coefficient (Wildman–Crippen LogP) is 3.33. The quantitative estimate of drug-likeness (QED) is 0.830. The van der Waals surface area contributed by atoms with E-state index in [-0.39, 0.29) is 6.09 Å². The molecule has 1 saturated heterocycles. The van der Waals surface area contributed by atoms with Crippen molar-refractivity contribution in [2.75, 3.05) is 13.1 Å². The fourth-order valence-corrected chi connectivity index (χ4v) is 2.86. The van der Waals surface area contributed by atoms with Gasteiger partial charge in [-0.1, -0.05) is 0 Å². The standard InChI is InChI=1S/C16H24BrN3O2/c1-16(2,3)22-15(21)20-8-4-5-13(11-20)19-10-12-6-7-18-14(17)9-12/h6-7,9,13,19H,4-5,8,10-11H2,1-3H3/t13-/m0/s1. The van der Waals surface area contributed by atoms with E-state index >= 15 is 0 Å². The number of hydrogen-bond donors (Lipinski definition) is 1. The number of ether oxygens (including phenoxy) is 1. The fraction of sp³-hybridized carbons (Fsp3) is 0.625. The van der Waals surface area contributed by atoms with Gasteiger partial charge in [-0.05, 0) is 67.2 Å². The summed E-state index contributed by atoms with van der Waals surface area (Å²) in [6, 6.07) is 4.29. The number of rotatable bonds is 3. The van der Waals surface area contributed by atoms with E-state index in [2.05, 4.69) is 26.2 Å². The number of nitrogens with one attached hydrogen (secondary N) is 1. The second-order valence-electron chi connectivity index (χ2n) is 6.63. The molecule has 22 heavy (non-hydrogen) atoms. The summed E-state index contributed by atoms with van der Waals surface area (Å²) in [5.41, 5.74) is 0.733. The molecule has 0 spiro atoms. The summed E-state index contributed by atoms with van der Waals surface area (Å²) in [7, 11) is 0. The number of carbonyl (C=O) groups excluding carboxylic acids is 1. The second kappa shape index (κ2) is 7.42. The van der Waals surface area contributed by atoms with Gasteiger partial charge in [-0.3, -0.25) is 0 Å². The maximum atomic E-state index is 12.1. The van der Waals surface area contributed by atoms with Gasteiger partial charge >= 0.3 is 6.09 Å². The molecule has 1 aliphatic rings. The molecule has 1 aromatic heterocycles. The number of likely N-dealkylation sites (tertiary alicyclic amines) is 1. The van der Waals surface area contributed by atoms with E-state index in [1.54, 1.807) is 11.1 Å². The molecule has 122 valence electrons. The van der Waals surface area contributed by atoms with Gasteiger partial charge in [0.25, 0.3) is 0 Å². The zero-order valence-corrected chi connectivity index (χ0v) is 15.0. The lowest BCUT2D eigenvalue weighted by molar-refractivity contribution is 0.0187. The highest BCUT2D eigenvalue weighted by Gasteiger charge is 2.27. The van der Waals surface area contributed by atoms with Crippen LogP contribution < -0.4 is 5.32 Å². The maximum Gasteiger partial charge on any atom is 0.410 e. The smallest absolute Gasteiger partial charge is 0.410 e. The minimum absolute atomic E-state index is 0.217. The van der Waals surface area contributed by atoms with E-state index < -0.39 is 5.60 Å². The maximum absolute atomic E-state index is 12.1. The van der Waals surface area contributed by atoms with Crippen LogP contribution in [0.5, 0.6) is 0 Å². The van der Waals surface area contributed by atoms with Crippen molar-refractivity contribution in [1.82, 2.24) is 15.2 Å². The molecule has 0 bridgehead atoms. The Balaban J connectivity index is 1.84.